The van der Waals surface area contributed by atoms with Gasteiger partial charge in [0.05, 0.1) is 23.1 Å². The Morgan fingerprint density at radius 1 is 1.31 bits per heavy atom. The molecule has 2 fully saturated rings. The van der Waals surface area contributed by atoms with E-state index in [0.717, 1.165) is 38.0 Å². The van der Waals surface area contributed by atoms with E-state index in [0.29, 0.717) is 19.4 Å². The minimum absolute atomic E-state index is 0.0579. The third-order valence-corrected chi connectivity index (χ3v) is 7.07. The molecular weight excluding hydrogens is 386 g/mol. The Labute approximate surface area is 175 Å². The summed E-state index contributed by atoms with van der Waals surface area (Å²) >= 11 is 1.67. The molecule has 2 N–H and O–H groups in total. The average molecular weight is 416 g/mol. The monoisotopic (exact) mass is 415 g/mol. The first-order chi connectivity index (χ1) is 14.0. The van der Waals surface area contributed by atoms with E-state index in [9.17, 15) is 9.90 Å². The summed E-state index contributed by atoms with van der Waals surface area (Å²) in [7, 11) is 0. The van der Waals surface area contributed by atoms with Crippen molar-refractivity contribution in [2.24, 2.45) is 0 Å². The molecule has 7 heteroatoms. The minimum Gasteiger partial charge on any atom is -0.388 e. The highest BCUT2D eigenvalue weighted by atomic mass is 32.1. The Balaban J connectivity index is 1.38. The normalized spacial score (nSPS) is 27.0. The molecular formula is C22H29N3O3S. The Kier molecular flexibility index (Phi) is 6.01. The summed E-state index contributed by atoms with van der Waals surface area (Å²) in [4.78, 5) is 20.4. The van der Waals surface area contributed by atoms with Crippen LogP contribution in [0, 0.1) is 0 Å². The molecule has 2 aliphatic heterocycles. The topological polar surface area (TPSA) is 74.7 Å². The van der Waals surface area contributed by atoms with Crippen LogP contribution in [0.5, 0.6) is 0 Å². The number of thiazole rings is 1. The maximum Gasteiger partial charge on any atom is 0.224 e. The van der Waals surface area contributed by atoms with Gasteiger partial charge in [-0.25, -0.2) is 0 Å². The maximum atomic E-state index is 12.7. The van der Waals surface area contributed by atoms with Crippen LogP contribution in [-0.4, -0.2) is 57.8 Å². The quantitative estimate of drug-likeness (QED) is 0.784. The number of ether oxygens (including phenoxy) is 1. The summed E-state index contributed by atoms with van der Waals surface area (Å²) in [5.41, 5.74) is 1.57. The van der Waals surface area contributed by atoms with Crippen molar-refractivity contribution in [2.45, 2.75) is 56.4 Å². The predicted octanol–water partition coefficient (Wildman–Crippen LogP) is 2.38. The molecule has 0 saturated carbocycles. The van der Waals surface area contributed by atoms with Crippen molar-refractivity contribution in [3.05, 3.63) is 52.5 Å². The zero-order chi connectivity index (χ0) is 20.3. The molecule has 3 heterocycles. The van der Waals surface area contributed by atoms with Gasteiger partial charge in [0.15, 0.2) is 0 Å². The molecule has 6 nitrogen and oxygen atoms in total. The second-order valence-corrected chi connectivity index (χ2v) is 9.41. The molecule has 0 bridgehead atoms. The molecule has 0 radical (unpaired) electrons. The van der Waals surface area contributed by atoms with Crippen molar-refractivity contribution in [3.8, 4) is 0 Å². The van der Waals surface area contributed by atoms with E-state index in [1.807, 2.05) is 49.0 Å². The van der Waals surface area contributed by atoms with Gasteiger partial charge in [0.25, 0.3) is 0 Å². The number of aliphatic hydroxyl groups is 1. The molecule has 0 aliphatic carbocycles. The first-order valence-corrected chi connectivity index (χ1v) is 11.1. The highest BCUT2D eigenvalue weighted by molar-refractivity contribution is 7.09. The standard InChI is InChI=1S/C22H29N3O3S/c1-21(24-19(26)13-17-5-3-2-4-6-17)9-12-28-22(20(21)27)7-10-25(11-8-22)15-18-14-23-16-29-18/h2-6,14,16,20,27H,7-13,15H2,1H3,(H,24,26)/t20-,21+/m0/s1. The second kappa shape index (κ2) is 8.52. The van der Waals surface area contributed by atoms with Crippen LogP contribution < -0.4 is 5.32 Å². The summed E-state index contributed by atoms with van der Waals surface area (Å²) in [6, 6.07) is 9.70. The lowest BCUT2D eigenvalue weighted by Crippen LogP contribution is -2.69. The van der Waals surface area contributed by atoms with Crippen LogP contribution in [0.2, 0.25) is 0 Å². The Morgan fingerprint density at radius 2 is 2.07 bits per heavy atom. The van der Waals surface area contributed by atoms with Gasteiger partial charge < -0.3 is 15.2 Å². The summed E-state index contributed by atoms with van der Waals surface area (Å²) in [5, 5.41) is 14.4. The first kappa shape index (κ1) is 20.5. The van der Waals surface area contributed by atoms with Crippen molar-refractivity contribution >= 4 is 17.2 Å². The molecule has 1 aromatic heterocycles. The molecule has 2 aromatic rings. The van der Waals surface area contributed by atoms with Crippen LogP contribution in [0.25, 0.3) is 0 Å². The van der Waals surface area contributed by atoms with Gasteiger partial charge in [0, 0.05) is 37.3 Å². The highest BCUT2D eigenvalue weighted by Gasteiger charge is 2.53. The number of rotatable bonds is 5. The number of carbonyl (C=O) groups excluding carboxylic acids is 1. The van der Waals surface area contributed by atoms with Gasteiger partial charge in [-0.3, -0.25) is 14.7 Å². The molecule has 2 atom stereocenters. The minimum atomic E-state index is -0.728. The number of carbonyl (C=O) groups is 1. The van der Waals surface area contributed by atoms with Crippen molar-refractivity contribution in [3.63, 3.8) is 0 Å². The first-order valence-electron chi connectivity index (χ1n) is 10.3. The number of likely N-dealkylation sites (tertiary alicyclic amines) is 1. The van der Waals surface area contributed by atoms with Crippen LogP contribution in [0.3, 0.4) is 0 Å². The lowest BCUT2D eigenvalue weighted by atomic mass is 9.73. The maximum absolute atomic E-state index is 12.7. The van der Waals surface area contributed by atoms with E-state index < -0.39 is 17.2 Å². The summed E-state index contributed by atoms with van der Waals surface area (Å²) in [5.74, 6) is -0.0579. The number of nitrogens with one attached hydrogen (secondary N) is 1. The largest absolute Gasteiger partial charge is 0.388 e. The summed E-state index contributed by atoms with van der Waals surface area (Å²) in [6.07, 6.45) is 3.64. The Hall–Kier alpha value is -1.80. The van der Waals surface area contributed by atoms with Gasteiger partial charge in [-0.1, -0.05) is 30.3 Å². The fourth-order valence-electron chi connectivity index (χ4n) is 4.59. The van der Waals surface area contributed by atoms with Crippen molar-refractivity contribution in [2.75, 3.05) is 19.7 Å². The number of piperidine rings is 1. The zero-order valence-electron chi connectivity index (χ0n) is 16.8. The number of hydrogen-bond acceptors (Lipinski definition) is 6. The molecule has 0 unspecified atom stereocenters. The van der Waals surface area contributed by atoms with E-state index in [2.05, 4.69) is 15.2 Å². The van der Waals surface area contributed by atoms with E-state index in [-0.39, 0.29) is 5.91 Å². The molecule has 1 aromatic carbocycles. The SMILES string of the molecule is C[C@@]1(NC(=O)Cc2ccccc2)CCOC2(CCN(Cc3cncs3)CC2)[C@H]1O. The number of hydrogen-bond donors (Lipinski definition) is 2. The lowest BCUT2D eigenvalue weighted by molar-refractivity contribution is -0.208. The fraction of sp³-hybridized carbons (Fsp3) is 0.545. The number of benzene rings is 1. The molecule has 2 saturated heterocycles. The van der Waals surface area contributed by atoms with Crippen LogP contribution in [-0.2, 0) is 22.5 Å². The van der Waals surface area contributed by atoms with Crippen molar-refractivity contribution in [1.29, 1.82) is 0 Å². The van der Waals surface area contributed by atoms with Crippen LogP contribution in [0.15, 0.2) is 42.0 Å². The molecule has 29 heavy (non-hydrogen) atoms. The van der Waals surface area contributed by atoms with E-state index in [4.69, 9.17) is 4.74 Å². The lowest BCUT2D eigenvalue weighted by Gasteiger charge is -2.53. The number of nitrogens with zero attached hydrogens (tertiary/aromatic N) is 2. The fourth-order valence-corrected chi connectivity index (χ4v) is 5.22. The van der Waals surface area contributed by atoms with Gasteiger partial charge in [-0.15, -0.1) is 11.3 Å². The molecule has 156 valence electrons. The number of aromatic nitrogens is 1. The third-order valence-electron chi connectivity index (χ3n) is 6.31. The van der Waals surface area contributed by atoms with Crippen LogP contribution in [0.1, 0.15) is 36.6 Å². The van der Waals surface area contributed by atoms with Crippen LogP contribution >= 0.6 is 11.3 Å². The van der Waals surface area contributed by atoms with Gasteiger partial charge in [-0.2, -0.15) is 0 Å². The van der Waals surface area contributed by atoms with Gasteiger partial charge in [0.1, 0.15) is 6.10 Å². The molecule has 4 rings (SSSR count). The van der Waals surface area contributed by atoms with Gasteiger partial charge in [-0.05, 0) is 31.7 Å². The highest BCUT2D eigenvalue weighted by Crippen LogP contribution is 2.40. The van der Waals surface area contributed by atoms with E-state index in [1.54, 1.807) is 11.3 Å². The third kappa shape index (κ3) is 4.53. The molecule has 1 spiro atoms. The summed E-state index contributed by atoms with van der Waals surface area (Å²) < 4.78 is 6.16. The van der Waals surface area contributed by atoms with Crippen LogP contribution in [0.4, 0.5) is 0 Å². The number of amides is 1. The average Bonchev–Trinajstić information content (AvgIpc) is 3.22. The van der Waals surface area contributed by atoms with Gasteiger partial charge >= 0.3 is 0 Å². The smallest absolute Gasteiger partial charge is 0.224 e. The van der Waals surface area contributed by atoms with Crippen molar-refractivity contribution in [1.82, 2.24) is 15.2 Å². The van der Waals surface area contributed by atoms with E-state index in [1.165, 1.54) is 4.88 Å². The Bertz CT molecular complexity index is 806. The molecule has 2 aliphatic rings. The summed E-state index contributed by atoms with van der Waals surface area (Å²) in [6.45, 7) is 5.12. The Morgan fingerprint density at radius 3 is 2.76 bits per heavy atom. The van der Waals surface area contributed by atoms with E-state index >= 15 is 0 Å². The van der Waals surface area contributed by atoms with Gasteiger partial charge in [0.2, 0.25) is 5.91 Å². The predicted molar refractivity (Wildman–Crippen MR) is 113 cm³/mol. The molecule has 1 amide bonds. The zero-order valence-corrected chi connectivity index (χ0v) is 17.7. The number of aliphatic hydroxyl groups excluding tert-OH is 1. The second-order valence-electron chi connectivity index (χ2n) is 8.44. The van der Waals surface area contributed by atoms with Crippen molar-refractivity contribution < 1.29 is 14.6 Å².